The van der Waals surface area contributed by atoms with Gasteiger partial charge in [0.05, 0.1) is 19.7 Å². The second-order valence-corrected chi connectivity index (χ2v) is 5.92. The van der Waals surface area contributed by atoms with E-state index in [2.05, 4.69) is 10.3 Å². The molecule has 2 heterocycles. The van der Waals surface area contributed by atoms with E-state index in [1.54, 1.807) is 19.1 Å². The average Bonchev–Trinajstić information content (AvgIpc) is 3.09. The maximum absolute atomic E-state index is 12.9. The van der Waals surface area contributed by atoms with E-state index in [1.807, 2.05) is 36.4 Å². The smallest absolute Gasteiger partial charge is 0.347 e. The summed E-state index contributed by atoms with van der Waals surface area (Å²) < 4.78 is 12.1. The van der Waals surface area contributed by atoms with E-state index in [9.17, 15) is 4.79 Å². The Morgan fingerprint density at radius 3 is 2.56 bits per heavy atom. The summed E-state index contributed by atoms with van der Waals surface area (Å²) in [7, 11) is 3.23. The Morgan fingerprint density at radius 1 is 1.08 bits per heavy atom. The van der Waals surface area contributed by atoms with Crippen LogP contribution in [0.4, 0.5) is 4.79 Å². The molecule has 0 N–H and O–H groups in total. The molecule has 0 bridgehead atoms. The summed E-state index contributed by atoms with van der Waals surface area (Å²) >= 11 is 0. The predicted octanol–water partition coefficient (Wildman–Crippen LogP) is 2.47. The monoisotopic (exact) mass is 338 g/mol. The zero-order chi connectivity index (χ0) is 17.4. The van der Waals surface area contributed by atoms with E-state index in [-0.39, 0.29) is 6.03 Å². The summed E-state index contributed by atoms with van der Waals surface area (Å²) in [5.41, 5.74) is 3.65. The van der Waals surface area contributed by atoms with E-state index >= 15 is 0 Å². The topological polar surface area (TPSA) is 69.5 Å². The highest BCUT2D eigenvalue weighted by Gasteiger charge is 2.25. The lowest BCUT2D eigenvalue weighted by molar-refractivity contribution is 0.191. The first kappa shape index (κ1) is 15.4. The molecule has 25 heavy (non-hydrogen) atoms. The van der Waals surface area contributed by atoms with E-state index in [0.717, 1.165) is 12.0 Å². The lowest BCUT2D eigenvalue weighted by atomic mass is 9.99. The number of benzene rings is 2. The molecule has 1 aliphatic heterocycles. The maximum atomic E-state index is 12.9. The third-order valence-electron chi connectivity index (χ3n) is 4.52. The van der Waals surface area contributed by atoms with Crippen LogP contribution in [0.1, 0.15) is 11.1 Å². The number of carbonyl (C=O) groups is 1. The Balaban J connectivity index is 1.65. The van der Waals surface area contributed by atoms with Crippen molar-refractivity contribution in [3.05, 3.63) is 47.5 Å². The Hall–Kier alpha value is -3.09. The van der Waals surface area contributed by atoms with Gasteiger partial charge in [-0.1, -0.05) is 17.3 Å². The minimum absolute atomic E-state index is 0.172. The lowest BCUT2D eigenvalue weighted by Gasteiger charge is -2.29. The van der Waals surface area contributed by atoms with Crippen molar-refractivity contribution in [1.82, 2.24) is 19.9 Å². The molecule has 7 nitrogen and oxygen atoms in total. The van der Waals surface area contributed by atoms with E-state index in [4.69, 9.17) is 9.47 Å². The molecule has 0 aliphatic carbocycles. The highest BCUT2D eigenvalue weighted by Crippen LogP contribution is 2.33. The van der Waals surface area contributed by atoms with Gasteiger partial charge in [-0.2, -0.15) is 4.68 Å². The van der Waals surface area contributed by atoms with Crippen molar-refractivity contribution in [1.29, 1.82) is 0 Å². The first-order chi connectivity index (χ1) is 12.2. The third-order valence-corrected chi connectivity index (χ3v) is 4.52. The van der Waals surface area contributed by atoms with Crippen molar-refractivity contribution in [3.63, 3.8) is 0 Å². The van der Waals surface area contributed by atoms with Gasteiger partial charge in [-0.05, 0) is 41.8 Å². The molecule has 128 valence electrons. The normalized spacial score (nSPS) is 13.6. The van der Waals surface area contributed by atoms with Gasteiger partial charge >= 0.3 is 6.03 Å². The van der Waals surface area contributed by atoms with Crippen LogP contribution in [0.3, 0.4) is 0 Å². The molecule has 0 fully saturated rings. The summed E-state index contributed by atoms with van der Waals surface area (Å²) in [6, 6.07) is 11.2. The zero-order valence-electron chi connectivity index (χ0n) is 14.1. The number of methoxy groups -OCH3 is 2. The lowest BCUT2D eigenvalue weighted by Crippen LogP contribution is -2.39. The molecular formula is C18H18N4O3. The second-order valence-electron chi connectivity index (χ2n) is 5.92. The fourth-order valence-electron chi connectivity index (χ4n) is 3.19. The molecule has 2 aromatic carbocycles. The predicted molar refractivity (Wildman–Crippen MR) is 92.0 cm³/mol. The quantitative estimate of drug-likeness (QED) is 0.718. The number of hydrogen-bond acceptors (Lipinski definition) is 5. The maximum Gasteiger partial charge on any atom is 0.347 e. The molecule has 0 saturated carbocycles. The largest absolute Gasteiger partial charge is 0.493 e. The van der Waals surface area contributed by atoms with Crippen molar-refractivity contribution in [3.8, 4) is 11.5 Å². The van der Waals surface area contributed by atoms with Crippen LogP contribution in [0.25, 0.3) is 11.0 Å². The SMILES string of the molecule is COc1cc2c(cc1OC)CN(C(=O)n1nnc3ccccc31)CC2. The Bertz CT molecular complexity index is 951. The van der Waals surface area contributed by atoms with Crippen LogP contribution < -0.4 is 9.47 Å². The molecule has 1 aromatic heterocycles. The van der Waals surface area contributed by atoms with Gasteiger partial charge < -0.3 is 14.4 Å². The number of aromatic nitrogens is 3. The van der Waals surface area contributed by atoms with E-state index < -0.39 is 0 Å². The van der Waals surface area contributed by atoms with Crippen molar-refractivity contribution < 1.29 is 14.3 Å². The van der Waals surface area contributed by atoms with Crippen molar-refractivity contribution in [2.45, 2.75) is 13.0 Å². The molecule has 7 heteroatoms. The molecule has 0 radical (unpaired) electrons. The fourth-order valence-corrected chi connectivity index (χ4v) is 3.19. The van der Waals surface area contributed by atoms with Gasteiger partial charge in [-0.15, -0.1) is 5.10 Å². The van der Waals surface area contributed by atoms with Crippen molar-refractivity contribution >= 4 is 17.1 Å². The number of rotatable bonds is 2. The van der Waals surface area contributed by atoms with Crippen LogP contribution in [0, 0.1) is 0 Å². The van der Waals surface area contributed by atoms with Crippen molar-refractivity contribution in [2.24, 2.45) is 0 Å². The first-order valence-corrected chi connectivity index (χ1v) is 8.04. The van der Waals surface area contributed by atoms with Crippen LogP contribution >= 0.6 is 0 Å². The molecule has 0 unspecified atom stereocenters. The third kappa shape index (κ3) is 2.57. The molecule has 0 atom stereocenters. The number of para-hydroxylation sites is 1. The van der Waals surface area contributed by atoms with Gasteiger partial charge in [-0.25, -0.2) is 4.79 Å². The van der Waals surface area contributed by atoms with Gasteiger partial charge in [0.1, 0.15) is 5.52 Å². The summed E-state index contributed by atoms with van der Waals surface area (Å²) in [5.74, 6) is 1.38. The highest BCUT2D eigenvalue weighted by atomic mass is 16.5. The van der Waals surface area contributed by atoms with Gasteiger partial charge in [0.15, 0.2) is 11.5 Å². The average molecular weight is 338 g/mol. The van der Waals surface area contributed by atoms with Gasteiger partial charge in [0.2, 0.25) is 0 Å². The molecule has 3 aromatic rings. The zero-order valence-corrected chi connectivity index (χ0v) is 14.1. The molecule has 4 rings (SSSR count). The van der Waals surface area contributed by atoms with Crippen LogP contribution in [-0.2, 0) is 13.0 Å². The molecule has 0 saturated heterocycles. The minimum atomic E-state index is -0.172. The second kappa shape index (κ2) is 6.08. The molecule has 0 spiro atoms. The van der Waals surface area contributed by atoms with E-state index in [1.165, 1.54) is 10.2 Å². The summed E-state index contributed by atoms with van der Waals surface area (Å²) in [6.07, 6.45) is 0.758. The Kier molecular flexibility index (Phi) is 3.76. The van der Waals surface area contributed by atoms with Crippen molar-refractivity contribution in [2.75, 3.05) is 20.8 Å². The van der Waals surface area contributed by atoms with Gasteiger partial charge in [0.25, 0.3) is 0 Å². The van der Waals surface area contributed by atoms with Crippen LogP contribution in [-0.4, -0.2) is 46.7 Å². The number of ether oxygens (including phenoxy) is 2. The standard InChI is InChI=1S/C18H18N4O3/c1-24-16-9-12-7-8-21(11-13(12)10-17(16)25-2)18(23)22-15-6-4-3-5-14(15)19-20-22/h3-6,9-10H,7-8,11H2,1-2H3. The number of carbonyl (C=O) groups excluding carboxylic acids is 1. The molecular weight excluding hydrogens is 320 g/mol. The van der Waals surface area contributed by atoms with Crippen LogP contribution in [0.15, 0.2) is 36.4 Å². The fraction of sp³-hybridized carbons (Fsp3) is 0.278. The van der Waals surface area contributed by atoms with Gasteiger partial charge in [0, 0.05) is 13.1 Å². The summed E-state index contributed by atoms with van der Waals surface area (Å²) in [6.45, 7) is 1.12. The number of fused-ring (bicyclic) bond motifs is 2. The Morgan fingerprint density at radius 2 is 1.80 bits per heavy atom. The number of nitrogens with zero attached hydrogens (tertiary/aromatic N) is 4. The number of amides is 1. The molecule has 1 aliphatic rings. The van der Waals surface area contributed by atoms with Crippen LogP contribution in [0.5, 0.6) is 11.5 Å². The van der Waals surface area contributed by atoms with E-state index in [0.29, 0.717) is 35.6 Å². The number of hydrogen-bond donors (Lipinski definition) is 0. The highest BCUT2D eigenvalue weighted by molar-refractivity contribution is 5.87. The Labute approximate surface area is 144 Å². The van der Waals surface area contributed by atoms with Crippen LogP contribution in [0.2, 0.25) is 0 Å². The summed E-state index contributed by atoms with van der Waals surface area (Å²) in [5, 5.41) is 8.08. The summed E-state index contributed by atoms with van der Waals surface area (Å²) in [4.78, 5) is 14.7. The molecule has 1 amide bonds. The van der Waals surface area contributed by atoms with Gasteiger partial charge in [-0.3, -0.25) is 0 Å². The first-order valence-electron chi connectivity index (χ1n) is 8.04. The minimum Gasteiger partial charge on any atom is -0.493 e.